The van der Waals surface area contributed by atoms with Crippen LogP contribution in [0.25, 0.3) is 0 Å². The quantitative estimate of drug-likeness (QED) is 0.783. The molecule has 1 amide bonds. The molecule has 1 aromatic rings. The van der Waals surface area contributed by atoms with Crippen molar-refractivity contribution in [2.75, 3.05) is 13.7 Å². The number of methoxy groups -OCH3 is 1. The Kier molecular flexibility index (Phi) is 5.66. The maximum Gasteiger partial charge on any atom is 0.253 e. The number of nitrogens with one attached hydrogen (secondary N) is 1. The number of carbonyl (C=O) groups is 1. The maximum atomic E-state index is 11.8. The van der Waals surface area contributed by atoms with Crippen LogP contribution < -0.4 is 5.32 Å². The van der Waals surface area contributed by atoms with Gasteiger partial charge in [0.2, 0.25) is 0 Å². The third-order valence-corrected chi connectivity index (χ3v) is 2.56. The molecule has 0 aliphatic rings. The second-order valence-corrected chi connectivity index (χ2v) is 3.83. The van der Waals surface area contributed by atoms with Crippen LogP contribution in [0, 0.1) is 0 Å². The monoisotopic (exact) mass is 237 g/mol. The molecule has 4 heteroatoms. The minimum Gasteiger partial charge on any atom is -0.391 e. The SMILES string of the molecule is CCC(O)CNC(=O)C(OC)c1ccccc1. The lowest BCUT2D eigenvalue weighted by Crippen LogP contribution is -2.35. The molecule has 2 N–H and O–H groups in total. The molecule has 0 aliphatic heterocycles. The summed E-state index contributed by atoms with van der Waals surface area (Å²) in [6.07, 6.45) is -0.518. The average Bonchev–Trinajstić information content (AvgIpc) is 2.38. The second kappa shape index (κ2) is 7.04. The van der Waals surface area contributed by atoms with E-state index in [0.29, 0.717) is 6.42 Å². The zero-order valence-corrected chi connectivity index (χ0v) is 10.2. The number of hydrogen-bond donors (Lipinski definition) is 2. The van der Waals surface area contributed by atoms with Crippen molar-refractivity contribution in [1.82, 2.24) is 5.32 Å². The molecule has 1 aromatic carbocycles. The summed E-state index contributed by atoms with van der Waals surface area (Å²) in [5, 5.41) is 12.0. The largest absolute Gasteiger partial charge is 0.391 e. The first-order valence-electron chi connectivity index (χ1n) is 5.72. The van der Waals surface area contributed by atoms with Crippen LogP contribution in [-0.4, -0.2) is 30.8 Å². The van der Waals surface area contributed by atoms with Crippen LogP contribution in [0.15, 0.2) is 30.3 Å². The number of rotatable bonds is 6. The van der Waals surface area contributed by atoms with E-state index in [9.17, 15) is 9.90 Å². The van der Waals surface area contributed by atoms with Crippen LogP contribution in [0.2, 0.25) is 0 Å². The fourth-order valence-electron chi connectivity index (χ4n) is 1.48. The van der Waals surface area contributed by atoms with Crippen molar-refractivity contribution in [3.63, 3.8) is 0 Å². The number of carbonyl (C=O) groups excluding carboxylic acids is 1. The van der Waals surface area contributed by atoms with Gasteiger partial charge in [0.1, 0.15) is 0 Å². The third kappa shape index (κ3) is 4.17. The lowest BCUT2D eigenvalue weighted by molar-refractivity contribution is -0.131. The molecule has 0 saturated carbocycles. The van der Waals surface area contributed by atoms with Gasteiger partial charge in [-0.3, -0.25) is 4.79 Å². The van der Waals surface area contributed by atoms with Crippen LogP contribution in [0.3, 0.4) is 0 Å². The molecule has 0 radical (unpaired) electrons. The van der Waals surface area contributed by atoms with E-state index in [-0.39, 0.29) is 12.5 Å². The molecule has 0 saturated heterocycles. The van der Waals surface area contributed by atoms with E-state index < -0.39 is 12.2 Å². The number of hydrogen-bond acceptors (Lipinski definition) is 3. The number of benzene rings is 1. The topological polar surface area (TPSA) is 58.6 Å². The normalized spacial score (nSPS) is 14.1. The lowest BCUT2D eigenvalue weighted by Gasteiger charge is -2.16. The van der Waals surface area contributed by atoms with Gasteiger partial charge in [-0.1, -0.05) is 37.3 Å². The Hall–Kier alpha value is -1.39. The Balaban J connectivity index is 2.59. The Bertz CT molecular complexity index is 340. The summed E-state index contributed by atoms with van der Waals surface area (Å²) in [7, 11) is 1.49. The molecular formula is C13H19NO3. The maximum absolute atomic E-state index is 11.8. The Morgan fingerprint density at radius 1 is 1.41 bits per heavy atom. The highest BCUT2D eigenvalue weighted by molar-refractivity contribution is 5.82. The van der Waals surface area contributed by atoms with E-state index in [1.165, 1.54) is 7.11 Å². The van der Waals surface area contributed by atoms with E-state index in [1.54, 1.807) is 0 Å². The summed E-state index contributed by atoms with van der Waals surface area (Å²) in [5.74, 6) is -0.230. The first-order valence-corrected chi connectivity index (χ1v) is 5.72. The smallest absolute Gasteiger partial charge is 0.253 e. The Morgan fingerprint density at radius 2 is 2.06 bits per heavy atom. The van der Waals surface area contributed by atoms with Gasteiger partial charge >= 0.3 is 0 Å². The summed E-state index contributed by atoms with van der Waals surface area (Å²) in [5.41, 5.74) is 0.804. The van der Waals surface area contributed by atoms with Crippen LogP contribution >= 0.6 is 0 Å². The minimum atomic E-state index is -0.625. The number of ether oxygens (including phenoxy) is 1. The van der Waals surface area contributed by atoms with Gasteiger partial charge in [-0.2, -0.15) is 0 Å². The van der Waals surface area contributed by atoms with Crippen molar-refractivity contribution in [2.45, 2.75) is 25.6 Å². The zero-order chi connectivity index (χ0) is 12.7. The van der Waals surface area contributed by atoms with Gasteiger partial charge in [0, 0.05) is 13.7 Å². The van der Waals surface area contributed by atoms with Crippen molar-refractivity contribution >= 4 is 5.91 Å². The predicted octanol–water partition coefficient (Wildman–Crippen LogP) is 1.26. The summed E-state index contributed by atoms with van der Waals surface area (Å²) >= 11 is 0. The molecule has 2 unspecified atom stereocenters. The molecule has 0 aliphatic carbocycles. The van der Waals surface area contributed by atoms with Crippen LogP contribution in [0.1, 0.15) is 25.0 Å². The highest BCUT2D eigenvalue weighted by Crippen LogP contribution is 2.15. The Labute approximate surface area is 102 Å². The van der Waals surface area contributed by atoms with Gasteiger partial charge in [0.25, 0.3) is 5.91 Å². The van der Waals surface area contributed by atoms with Crippen LogP contribution in [0.5, 0.6) is 0 Å². The molecule has 94 valence electrons. The van der Waals surface area contributed by atoms with Gasteiger partial charge in [-0.25, -0.2) is 0 Å². The highest BCUT2D eigenvalue weighted by Gasteiger charge is 2.19. The molecule has 2 atom stereocenters. The fourth-order valence-corrected chi connectivity index (χ4v) is 1.48. The molecule has 0 heterocycles. The van der Waals surface area contributed by atoms with Gasteiger partial charge in [-0.05, 0) is 12.0 Å². The lowest BCUT2D eigenvalue weighted by atomic mass is 10.1. The van der Waals surface area contributed by atoms with E-state index in [1.807, 2.05) is 37.3 Å². The number of amides is 1. The molecule has 4 nitrogen and oxygen atoms in total. The van der Waals surface area contributed by atoms with Crippen LogP contribution in [0.4, 0.5) is 0 Å². The summed E-state index contributed by atoms with van der Waals surface area (Å²) in [4.78, 5) is 11.8. The standard InChI is InChI=1S/C13H19NO3/c1-3-11(15)9-14-13(16)12(17-2)10-7-5-4-6-8-10/h4-8,11-12,15H,3,9H2,1-2H3,(H,14,16). The van der Waals surface area contributed by atoms with Crippen molar-refractivity contribution in [3.8, 4) is 0 Å². The first kappa shape index (κ1) is 13.7. The molecule has 17 heavy (non-hydrogen) atoms. The minimum absolute atomic E-state index is 0.230. The zero-order valence-electron chi connectivity index (χ0n) is 10.2. The molecule has 0 fully saturated rings. The van der Waals surface area contributed by atoms with Crippen molar-refractivity contribution in [3.05, 3.63) is 35.9 Å². The van der Waals surface area contributed by atoms with Gasteiger partial charge in [-0.15, -0.1) is 0 Å². The first-order chi connectivity index (χ1) is 8.19. The predicted molar refractivity (Wildman–Crippen MR) is 65.5 cm³/mol. The molecule has 0 aromatic heterocycles. The van der Waals surface area contributed by atoms with E-state index >= 15 is 0 Å². The molecular weight excluding hydrogens is 218 g/mol. The summed E-state index contributed by atoms with van der Waals surface area (Å²) in [6, 6.07) is 9.27. The second-order valence-electron chi connectivity index (χ2n) is 3.83. The molecule has 0 bridgehead atoms. The van der Waals surface area contributed by atoms with E-state index in [0.717, 1.165) is 5.56 Å². The van der Waals surface area contributed by atoms with E-state index in [4.69, 9.17) is 4.74 Å². The van der Waals surface area contributed by atoms with Crippen molar-refractivity contribution in [1.29, 1.82) is 0 Å². The van der Waals surface area contributed by atoms with Gasteiger partial charge in [0.15, 0.2) is 6.10 Å². The summed E-state index contributed by atoms with van der Waals surface area (Å²) in [6.45, 7) is 2.11. The average molecular weight is 237 g/mol. The highest BCUT2D eigenvalue weighted by atomic mass is 16.5. The molecule has 0 spiro atoms. The van der Waals surface area contributed by atoms with Crippen LogP contribution in [-0.2, 0) is 9.53 Å². The van der Waals surface area contributed by atoms with E-state index in [2.05, 4.69) is 5.32 Å². The van der Waals surface area contributed by atoms with Crippen molar-refractivity contribution in [2.24, 2.45) is 0 Å². The Morgan fingerprint density at radius 3 is 2.59 bits per heavy atom. The van der Waals surface area contributed by atoms with Crippen molar-refractivity contribution < 1.29 is 14.6 Å². The third-order valence-electron chi connectivity index (χ3n) is 2.56. The van der Waals surface area contributed by atoms with Gasteiger partial charge < -0.3 is 15.2 Å². The summed E-state index contributed by atoms with van der Waals surface area (Å²) < 4.78 is 5.17. The molecule has 1 rings (SSSR count). The number of aliphatic hydroxyl groups excluding tert-OH is 1. The van der Waals surface area contributed by atoms with Gasteiger partial charge in [0.05, 0.1) is 6.10 Å². The number of aliphatic hydroxyl groups is 1. The fraction of sp³-hybridized carbons (Fsp3) is 0.462.